The SMILES string of the molecule is CCN(C(=O)c1c(CN2CCN(C(=O)C(C(=O)O)c3ccccc3)CC2)c(-c2ccccc2)nc2ccccc12)C1CCCCC1.[H-].[Na+]. The Balaban J connectivity index is 0.00000260. The van der Waals surface area contributed by atoms with Gasteiger partial charge in [-0.3, -0.25) is 19.3 Å². The number of aromatic nitrogens is 1. The summed E-state index contributed by atoms with van der Waals surface area (Å²) in [4.78, 5) is 51.5. The van der Waals surface area contributed by atoms with E-state index in [2.05, 4.69) is 16.7 Å². The van der Waals surface area contributed by atoms with Gasteiger partial charge in [-0.1, -0.05) is 98.1 Å². The number of nitrogens with zero attached hydrogens (tertiary/aromatic N) is 4. The van der Waals surface area contributed by atoms with Gasteiger partial charge in [0.05, 0.1) is 16.8 Å². The van der Waals surface area contributed by atoms with Gasteiger partial charge in [0.1, 0.15) is 0 Å². The number of fused-ring (bicyclic) bond motifs is 1. The van der Waals surface area contributed by atoms with Crippen LogP contribution in [0.5, 0.6) is 0 Å². The van der Waals surface area contributed by atoms with Crippen LogP contribution in [0.25, 0.3) is 22.2 Å². The second-order valence-electron chi connectivity index (χ2n) is 12.4. The first kappa shape index (κ1) is 34.8. The summed E-state index contributed by atoms with van der Waals surface area (Å²) in [6.45, 7) is 5.14. The van der Waals surface area contributed by atoms with Crippen molar-refractivity contribution in [2.75, 3.05) is 32.7 Å². The first-order valence-electron chi connectivity index (χ1n) is 16.5. The Morgan fingerprint density at radius 3 is 2.13 bits per heavy atom. The van der Waals surface area contributed by atoms with Crippen molar-refractivity contribution in [1.29, 1.82) is 0 Å². The molecule has 0 bridgehead atoms. The minimum absolute atomic E-state index is 0. The number of benzene rings is 3. The molecule has 1 saturated carbocycles. The van der Waals surface area contributed by atoms with E-state index in [1.54, 1.807) is 29.2 Å². The van der Waals surface area contributed by atoms with Crippen LogP contribution in [0.4, 0.5) is 0 Å². The van der Waals surface area contributed by atoms with Crippen LogP contribution in [0, 0.1) is 0 Å². The molecule has 6 rings (SSSR count). The third-order valence-corrected chi connectivity index (χ3v) is 9.56. The number of para-hydroxylation sites is 1. The van der Waals surface area contributed by atoms with Crippen molar-refractivity contribution in [3.63, 3.8) is 0 Å². The van der Waals surface area contributed by atoms with E-state index in [1.807, 2.05) is 60.7 Å². The molecule has 0 radical (unpaired) electrons. The standard InChI is InChI=1S/C38H42N4O4.Na.H/c1-2-42(29-18-10-5-11-19-29)37(44)34-30-20-12-13-21-32(30)39-35(28-16-8-4-9-17-28)31(34)26-40-22-24-41(25-23-40)36(43)33(38(45)46)27-14-6-3-7-15-27;;/h3-4,6-9,12-17,20-21,29,33H,2,5,10-11,18-19,22-26H2,1H3,(H,45,46);;/q;+1;-1. The van der Waals surface area contributed by atoms with Crippen molar-refractivity contribution in [1.82, 2.24) is 19.7 Å². The first-order chi connectivity index (χ1) is 22.5. The number of rotatable bonds is 9. The van der Waals surface area contributed by atoms with Gasteiger partial charge in [0.2, 0.25) is 5.91 Å². The Kier molecular flexibility index (Phi) is 11.9. The third kappa shape index (κ3) is 7.62. The predicted octanol–water partition coefficient (Wildman–Crippen LogP) is 3.33. The normalized spacial score (nSPS) is 16.3. The van der Waals surface area contributed by atoms with Crippen LogP contribution in [-0.2, 0) is 16.1 Å². The molecular formula is C38H43N4NaO4. The molecule has 1 N–H and O–H groups in total. The zero-order valence-electron chi connectivity index (χ0n) is 28.5. The molecule has 1 aromatic heterocycles. The van der Waals surface area contributed by atoms with E-state index in [-0.39, 0.29) is 42.9 Å². The van der Waals surface area contributed by atoms with Crippen LogP contribution in [0.15, 0.2) is 84.9 Å². The number of pyridine rings is 1. The molecule has 4 aromatic rings. The fourth-order valence-corrected chi connectivity index (χ4v) is 7.16. The molecule has 8 nitrogen and oxygen atoms in total. The van der Waals surface area contributed by atoms with Crippen molar-refractivity contribution in [2.45, 2.75) is 57.5 Å². The quantitative estimate of drug-likeness (QED) is 0.223. The van der Waals surface area contributed by atoms with Gasteiger partial charge in [0, 0.05) is 61.8 Å². The van der Waals surface area contributed by atoms with Crippen LogP contribution in [0.3, 0.4) is 0 Å². The van der Waals surface area contributed by atoms with Gasteiger partial charge in [-0.25, -0.2) is 4.98 Å². The van der Waals surface area contributed by atoms with E-state index >= 15 is 0 Å². The van der Waals surface area contributed by atoms with Crippen LogP contribution in [-0.4, -0.2) is 81.3 Å². The van der Waals surface area contributed by atoms with Crippen molar-refractivity contribution < 1.29 is 50.5 Å². The molecule has 240 valence electrons. The van der Waals surface area contributed by atoms with E-state index in [1.165, 1.54) is 6.42 Å². The summed E-state index contributed by atoms with van der Waals surface area (Å²) in [5, 5.41) is 10.8. The van der Waals surface area contributed by atoms with Crippen LogP contribution in [0.2, 0.25) is 0 Å². The van der Waals surface area contributed by atoms with Gasteiger partial charge in [-0.2, -0.15) is 0 Å². The average Bonchev–Trinajstić information content (AvgIpc) is 3.09. The minimum Gasteiger partial charge on any atom is -1.00 e. The molecule has 1 unspecified atom stereocenters. The molecule has 2 fully saturated rings. The Labute approximate surface area is 300 Å². The Morgan fingerprint density at radius 2 is 1.49 bits per heavy atom. The number of carboxylic acid groups (broad SMARTS) is 1. The van der Waals surface area contributed by atoms with E-state index in [0.717, 1.165) is 53.4 Å². The Hall–Kier alpha value is -3.56. The summed E-state index contributed by atoms with van der Waals surface area (Å²) >= 11 is 0. The van der Waals surface area contributed by atoms with Gasteiger partial charge in [-0.05, 0) is 31.4 Å². The van der Waals surface area contributed by atoms with E-state index in [0.29, 0.717) is 50.4 Å². The molecule has 2 amide bonds. The fourth-order valence-electron chi connectivity index (χ4n) is 7.16. The summed E-state index contributed by atoms with van der Waals surface area (Å²) < 4.78 is 0. The number of carbonyl (C=O) groups is 3. The molecular weight excluding hydrogens is 599 g/mol. The maximum atomic E-state index is 14.7. The minimum atomic E-state index is -1.23. The number of piperazine rings is 1. The van der Waals surface area contributed by atoms with Crippen molar-refractivity contribution in [3.05, 3.63) is 102 Å². The van der Waals surface area contributed by atoms with Crippen molar-refractivity contribution in [3.8, 4) is 11.3 Å². The van der Waals surface area contributed by atoms with Gasteiger partial charge < -0.3 is 16.3 Å². The number of carboxylic acids is 1. The molecule has 1 aliphatic carbocycles. The maximum Gasteiger partial charge on any atom is 1.00 e. The largest absolute Gasteiger partial charge is 1.00 e. The number of aliphatic carboxylic acids is 1. The molecule has 9 heteroatoms. The van der Waals surface area contributed by atoms with Crippen LogP contribution < -0.4 is 29.6 Å². The van der Waals surface area contributed by atoms with Crippen LogP contribution >= 0.6 is 0 Å². The van der Waals surface area contributed by atoms with Crippen LogP contribution in [0.1, 0.15) is 67.9 Å². The molecule has 2 heterocycles. The van der Waals surface area contributed by atoms with Gasteiger partial charge in [-0.15, -0.1) is 0 Å². The van der Waals surface area contributed by atoms with Gasteiger partial charge in [0.15, 0.2) is 5.92 Å². The molecule has 0 spiro atoms. The second-order valence-corrected chi connectivity index (χ2v) is 12.4. The summed E-state index contributed by atoms with van der Waals surface area (Å²) in [6, 6.07) is 26.9. The van der Waals surface area contributed by atoms with E-state index in [9.17, 15) is 19.5 Å². The Bertz CT molecular complexity index is 1690. The number of amides is 2. The molecule has 1 saturated heterocycles. The maximum absolute atomic E-state index is 14.7. The summed E-state index contributed by atoms with van der Waals surface area (Å²) in [6.07, 6.45) is 5.56. The topological polar surface area (TPSA) is 94.1 Å². The van der Waals surface area contributed by atoms with Gasteiger partial charge >= 0.3 is 35.5 Å². The summed E-state index contributed by atoms with van der Waals surface area (Å²) in [5.41, 5.74) is 4.65. The van der Waals surface area contributed by atoms with Crippen molar-refractivity contribution in [2.24, 2.45) is 0 Å². The second kappa shape index (κ2) is 16.0. The smallest absolute Gasteiger partial charge is 1.00 e. The molecule has 47 heavy (non-hydrogen) atoms. The Morgan fingerprint density at radius 1 is 0.872 bits per heavy atom. The zero-order chi connectivity index (χ0) is 32.0. The monoisotopic (exact) mass is 642 g/mol. The number of carbonyl (C=O) groups excluding carboxylic acids is 2. The van der Waals surface area contributed by atoms with Crippen molar-refractivity contribution >= 4 is 28.7 Å². The van der Waals surface area contributed by atoms with E-state index < -0.39 is 17.8 Å². The van der Waals surface area contributed by atoms with E-state index in [4.69, 9.17) is 4.98 Å². The number of hydrogen-bond donors (Lipinski definition) is 1. The summed E-state index contributed by atoms with van der Waals surface area (Å²) in [5.74, 6) is -2.71. The fraction of sp³-hybridized carbons (Fsp3) is 0.368. The van der Waals surface area contributed by atoms with Gasteiger partial charge in [0.25, 0.3) is 5.91 Å². The third-order valence-electron chi connectivity index (χ3n) is 9.56. The molecule has 1 aliphatic heterocycles. The molecule has 1 atom stereocenters. The summed E-state index contributed by atoms with van der Waals surface area (Å²) in [7, 11) is 0. The zero-order valence-corrected chi connectivity index (χ0v) is 29.5. The molecule has 2 aliphatic rings. The average molecular weight is 643 g/mol. The first-order valence-corrected chi connectivity index (χ1v) is 16.5. The number of hydrogen-bond acceptors (Lipinski definition) is 5. The molecule has 3 aromatic carbocycles. The predicted molar refractivity (Wildman–Crippen MR) is 181 cm³/mol.